The van der Waals surface area contributed by atoms with Crippen LogP contribution in [0.5, 0.6) is 5.75 Å². The molecule has 0 spiro atoms. The van der Waals surface area contributed by atoms with Crippen LogP contribution in [0.25, 0.3) is 0 Å². The van der Waals surface area contributed by atoms with Gasteiger partial charge >= 0.3 is 0 Å². The lowest BCUT2D eigenvalue weighted by Gasteiger charge is -2.11. The Kier molecular flexibility index (Phi) is 5.38. The monoisotopic (exact) mass is 295 g/mol. The summed E-state index contributed by atoms with van der Waals surface area (Å²) in [5.41, 5.74) is 1.25. The van der Waals surface area contributed by atoms with Crippen molar-refractivity contribution >= 4 is 17.4 Å². The van der Waals surface area contributed by atoms with E-state index in [0.29, 0.717) is 18.0 Å². The number of pyridine rings is 1. The van der Waals surface area contributed by atoms with E-state index in [1.165, 1.54) is 0 Å². The first kappa shape index (κ1) is 15.4. The molecule has 5 nitrogen and oxygen atoms in total. The van der Waals surface area contributed by atoms with Crippen molar-refractivity contribution in [3.05, 3.63) is 48.2 Å². The summed E-state index contributed by atoms with van der Waals surface area (Å²) in [4.78, 5) is 16.3. The van der Waals surface area contributed by atoms with Gasteiger partial charge < -0.3 is 15.4 Å². The third-order valence-corrected chi connectivity index (χ3v) is 2.83. The molecule has 1 aromatic carbocycles. The maximum Gasteiger partial charge on any atom is 0.255 e. The predicted octanol–water partition coefficient (Wildman–Crippen LogP) is 2.59. The number of benzene rings is 1. The Hall–Kier alpha value is -3.00. The number of amides is 1. The number of carbonyl (C=O) groups is 1. The SMILES string of the molecule is C#CCNC(=O)c1cccnc1Nc1ccc(OCC)cc1. The molecular formula is C17H17N3O2. The molecule has 2 rings (SSSR count). The molecule has 1 heterocycles. The summed E-state index contributed by atoms with van der Waals surface area (Å²) in [7, 11) is 0. The highest BCUT2D eigenvalue weighted by molar-refractivity contribution is 5.99. The first-order chi connectivity index (χ1) is 10.7. The molecule has 0 unspecified atom stereocenters. The first-order valence-corrected chi connectivity index (χ1v) is 6.91. The lowest BCUT2D eigenvalue weighted by atomic mass is 10.2. The molecule has 112 valence electrons. The van der Waals surface area contributed by atoms with Gasteiger partial charge in [0.25, 0.3) is 5.91 Å². The van der Waals surface area contributed by atoms with Gasteiger partial charge in [-0.1, -0.05) is 5.92 Å². The number of carbonyl (C=O) groups excluding carboxylic acids is 1. The molecule has 1 aromatic heterocycles. The van der Waals surface area contributed by atoms with Crippen LogP contribution in [-0.4, -0.2) is 24.0 Å². The van der Waals surface area contributed by atoms with Gasteiger partial charge in [0.05, 0.1) is 18.7 Å². The molecule has 2 N–H and O–H groups in total. The molecule has 0 radical (unpaired) electrons. The number of ether oxygens (including phenoxy) is 1. The maximum absolute atomic E-state index is 12.0. The topological polar surface area (TPSA) is 63.2 Å². The van der Waals surface area contributed by atoms with Crippen molar-refractivity contribution in [2.45, 2.75) is 6.92 Å². The minimum Gasteiger partial charge on any atom is -0.494 e. The molecule has 5 heteroatoms. The summed E-state index contributed by atoms with van der Waals surface area (Å²) >= 11 is 0. The Morgan fingerprint density at radius 2 is 2.09 bits per heavy atom. The van der Waals surface area contributed by atoms with Crippen LogP contribution >= 0.6 is 0 Å². The third kappa shape index (κ3) is 4.00. The second kappa shape index (κ2) is 7.70. The molecule has 0 saturated heterocycles. The predicted molar refractivity (Wildman–Crippen MR) is 86.3 cm³/mol. The highest BCUT2D eigenvalue weighted by Gasteiger charge is 2.11. The van der Waals surface area contributed by atoms with Crippen LogP contribution in [0.1, 0.15) is 17.3 Å². The van der Waals surface area contributed by atoms with E-state index in [9.17, 15) is 4.79 Å². The van der Waals surface area contributed by atoms with Crippen LogP contribution in [-0.2, 0) is 0 Å². The second-order valence-corrected chi connectivity index (χ2v) is 4.37. The fourth-order valence-electron chi connectivity index (χ4n) is 1.85. The quantitative estimate of drug-likeness (QED) is 0.804. The lowest BCUT2D eigenvalue weighted by Crippen LogP contribution is -2.24. The van der Waals surface area contributed by atoms with Gasteiger partial charge in [0.1, 0.15) is 11.6 Å². The average Bonchev–Trinajstić information content (AvgIpc) is 2.55. The van der Waals surface area contributed by atoms with Crippen molar-refractivity contribution in [3.63, 3.8) is 0 Å². The molecule has 0 atom stereocenters. The molecule has 0 bridgehead atoms. The van der Waals surface area contributed by atoms with Gasteiger partial charge in [0, 0.05) is 11.9 Å². The standard InChI is InChI=1S/C17H17N3O2/c1-3-11-19-17(21)15-6-5-12-18-16(15)20-13-7-9-14(10-8-13)22-4-2/h1,5-10,12H,4,11H2,2H3,(H,18,20)(H,19,21). The van der Waals surface area contributed by atoms with Crippen molar-refractivity contribution < 1.29 is 9.53 Å². The van der Waals surface area contributed by atoms with Gasteiger partial charge in [0.15, 0.2) is 0 Å². The number of nitrogens with zero attached hydrogens (tertiary/aromatic N) is 1. The zero-order valence-electron chi connectivity index (χ0n) is 12.3. The Morgan fingerprint density at radius 1 is 1.32 bits per heavy atom. The molecular weight excluding hydrogens is 278 g/mol. The number of rotatable bonds is 6. The molecule has 0 aliphatic carbocycles. The van der Waals surface area contributed by atoms with Crippen LogP contribution in [0.3, 0.4) is 0 Å². The maximum atomic E-state index is 12.0. The number of anilines is 2. The van der Waals surface area contributed by atoms with Crippen LogP contribution in [0.2, 0.25) is 0 Å². The number of hydrogen-bond acceptors (Lipinski definition) is 4. The Labute approximate surface area is 129 Å². The summed E-state index contributed by atoms with van der Waals surface area (Å²) in [5, 5.41) is 5.75. The lowest BCUT2D eigenvalue weighted by molar-refractivity contribution is 0.0959. The normalized spacial score (nSPS) is 9.64. The van der Waals surface area contributed by atoms with E-state index in [-0.39, 0.29) is 12.5 Å². The summed E-state index contributed by atoms with van der Waals surface area (Å²) in [6.45, 7) is 2.73. The summed E-state index contributed by atoms with van der Waals surface area (Å²) in [5.74, 6) is 3.37. The van der Waals surface area contributed by atoms with Crippen LogP contribution in [0.15, 0.2) is 42.6 Å². The van der Waals surface area contributed by atoms with E-state index < -0.39 is 0 Å². The molecule has 0 aliphatic rings. The number of nitrogens with one attached hydrogen (secondary N) is 2. The number of hydrogen-bond donors (Lipinski definition) is 2. The van der Waals surface area contributed by atoms with Crippen molar-refractivity contribution in [1.29, 1.82) is 0 Å². The molecule has 1 amide bonds. The smallest absolute Gasteiger partial charge is 0.255 e. The summed E-state index contributed by atoms with van der Waals surface area (Å²) < 4.78 is 5.39. The molecule has 0 aliphatic heterocycles. The fourth-order valence-corrected chi connectivity index (χ4v) is 1.85. The van der Waals surface area contributed by atoms with Gasteiger partial charge in [-0.15, -0.1) is 6.42 Å². The van der Waals surface area contributed by atoms with Gasteiger partial charge in [-0.05, 0) is 43.3 Å². The average molecular weight is 295 g/mol. The van der Waals surface area contributed by atoms with Crippen LogP contribution in [0, 0.1) is 12.3 Å². The van der Waals surface area contributed by atoms with E-state index in [4.69, 9.17) is 11.2 Å². The fraction of sp³-hybridized carbons (Fsp3) is 0.176. The van der Waals surface area contributed by atoms with Gasteiger partial charge in [-0.3, -0.25) is 4.79 Å². The number of terminal acetylenes is 1. The second-order valence-electron chi connectivity index (χ2n) is 4.37. The zero-order valence-corrected chi connectivity index (χ0v) is 12.3. The Morgan fingerprint density at radius 3 is 2.77 bits per heavy atom. The van der Waals surface area contributed by atoms with Crippen LogP contribution in [0.4, 0.5) is 11.5 Å². The van der Waals surface area contributed by atoms with Gasteiger partial charge in [-0.2, -0.15) is 0 Å². The zero-order chi connectivity index (χ0) is 15.8. The van der Waals surface area contributed by atoms with Gasteiger partial charge in [-0.25, -0.2) is 4.98 Å². The highest BCUT2D eigenvalue weighted by Crippen LogP contribution is 2.21. The van der Waals surface area contributed by atoms with Crippen molar-refractivity contribution in [2.75, 3.05) is 18.5 Å². The molecule has 22 heavy (non-hydrogen) atoms. The molecule has 0 fully saturated rings. The third-order valence-electron chi connectivity index (χ3n) is 2.83. The minimum atomic E-state index is -0.264. The molecule has 2 aromatic rings. The minimum absolute atomic E-state index is 0.177. The first-order valence-electron chi connectivity index (χ1n) is 6.91. The molecule has 0 saturated carbocycles. The van der Waals surface area contributed by atoms with E-state index in [2.05, 4.69) is 21.5 Å². The largest absolute Gasteiger partial charge is 0.494 e. The van der Waals surface area contributed by atoms with Gasteiger partial charge in [0.2, 0.25) is 0 Å². The van der Waals surface area contributed by atoms with Crippen molar-refractivity contribution in [2.24, 2.45) is 0 Å². The van der Waals surface area contributed by atoms with Crippen molar-refractivity contribution in [3.8, 4) is 18.1 Å². The summed E-state index contributed by atoms with van der Waals surface area (Å²) in [6.07, 6.45) is 6.77. The van der Waals surface area contributed by atoms with Crippen molar-refractivity contribution in [1.82, 2.24) is 10.3 Å². The Balaban J connectivity index is 2.15. The van der Waals surface area contributed by atoms with E-state index >= 15 is 0 Å². The Bertz CT molecular complexity index is 675. The summed E-state index contributed by atoms with van der Waals surface area (Å²) in [6, 6.07) is 10.8. The van der Waals surface area contributed by atoms with E-state index in [1.54, 1.807) is 18.3 Å². The van der Waals surface area contributed by atoms with E-state index in [0.717, 1.165) is 11.4 Å². The highest BCUT2D eigenvalue weighted by atomic mass is 16.5. The van der Waals surface area contributed by atoms with E-state index in [1.807, 2.05) is 31.2 Å². The number of aromatic nitrogens is 1. The van der Waals surface area contributed by atoms with Crippen LogP contribution < -0.4 is 15.4 Å².